The van der Waals surface area contributed by atoms with Crippen LogP contribution in [-0.2, 0) is 0 Å². The van der Waals surface area contributed by atoms with Crippen molar-refractivity contribution in [2.24, 2.45) is 0 Å². The third kappa shape index (κ3) is 4.90. The van der Waals surface area contributed by atoms with Crippen LogP contribution in [0.4, 0.5) is 0 Å². The van der Waals surface area contributed by atoms with Crippen molar-refractivity contribution in [2.75, 3.05) is 13.6 Å². The topological polar surface area (TPSA) is 61.4 Å². The summed E-state index contributed by atoms with van der Waals surface area (Å²) in [4.78, 5) is 28.1. The Kier molecular flexibility index (Phi) is 6.69. The first-order valence-corrected chi connectivity index (χ1v) is 10.8. The van der Waals surface area contributed by atoms with Gasteiger partial charge in [-0.3, -0.25) is 14.5 Å². The molecule has 32 heavy (non-hydrogen) atoms. The molecule has 0 bridgehead atoms. The van der Waals surface area contributed by atoms with E-state index in [0.29, 0.717) is 34.0 Å². The molecule has 1 aliphatic rings. The Bertz CT molecular complexity index is 1130. The van der Waals surface area contributed by atoms with Crippen LogP contribution in [0.1, 0.15) is 38.7 Å². The monoisotopic (exact) mass is 445 g/mol. The number of nitrogens with zero attached hydrogens (tertiary/aromatic N) is 1. The van der Waals surface area contributed by atoms with Gasteiger partial charge >= 0.3 is 0 Å². The highest BCUT2D eigenvalue weighted by Crippen LogP contribution is 2.33. The molecule has 0 fully saturated rings. The second-order valence-corrected chi connectivity index (χ2v) is 8.15. The summed E-state index contributed by atoms with van der Waals surface area (Å²) < 4.78 is 0. The number of carbonyl (C=O) groups excluding carboxylic acids is 2. The van der Waals surface area contributed by atoms with Gasteiger partial charge in [0, 0.05) is 34.8 Å². The molecule has 1 unspecified atom stereocenters. The molecule has 0 aromatic heterocycles. The minimum absolute atomic E-state index is 0.202. The molecule has 2 amide bonds. The van der Waals surface area contributed by atoms with Crippen LogP contribution >= 0.6 is 11.6 Å². The summed E-state index contributed by atoms with van der Waals surface area (Å²) in [6.45, 7) is 0.725. The van der Waals surface area contributed by atoms with Crippen molar-refractivity contribution < 1.29 is 9.59 Å². The molecule has 162 valence electrons. The number of hydrogen-bond acceptors (Lipinski definition) is 3. The summed E-state index contributed by atoms with van der Waals surface area (Å²) in [5.74, 6) is -0.423. The summed E-state index contributed by atoms with van der Waals surface area (Å²) in [6, 6.07) is 25.4. The predicted octanol–water partition coefficient (Wildman–Crippen LogP) is 4.79. The summed E-state index contributed by atoms with van der Waals surface area (Å²) in [7, 11) is 2.00. The van der Waals surface area contributed by atoms with Gasteiger partial charge in [-0.2, -0.15) is 0 Å². The number of hydrogen-bond donors (Lipinski definition) is 2. The molecule has 0 saturated heterocycles. The van der Waals surface area contributed by atoms with Crippen LogP contribution in [0, 0.1) is 0 Å². The Morgan fingerprint density at radius 1 is 0.812 bits per heavy atom. The molecule has 1 aliphatic heterocycles. The number of halogens is 1. The lowest BCUT2D eigenvalue weighted by molar-refractivity contribution is 0.0932. The van der Waals surface area contributed by atoms with E-state index in [4.69, 9.17) is 11.6 Å². The fourth-order valence-corrected chi connectivity index (χ4v) is 3.99. The smallest absolute Gasteiger partial charge is 0.255 e. The van der Waals surface area contributed by atoms with E-state index in [1.54, 1.807) is 24.3 Å². The van der Waals surface area contributed by atoms with Crippen molar-refractivity contribution in [1.29, 1.82) is 0 Å². The van der Waals surface area contributed by atoms with Gasteiger partial charge < -0.3 is 10.6 Å². The van der Waals surface area contributed by atoms with Gasteiger partial charge in [0.25, 0.3) is 11.8 Å². The number of carbonyl (C=O) groups is 2. The van der Waals surface area contributed by atoms with Crippen LogP contribution in [0.2, 0.25) is 5.02 Å². The second kappa shape index (κ2) is 9.81. The molecule has 4 rings (SSSR count). The quantitative estimate of drug-likeness (QED) is 0.593. The summed E-state index contributed by atoms with van der Waals surface area (Å²) in [5, 5.41) is 6.78. The van der Waals surface area contributed by atoms with Gasteiger partial charge in [-0.1, -0.05) is 60.1 Å². The van der Waals surface area contributed by atoms with E-state index in [1.165, 1.54) is 0 Å². The maximum atomic E-state index is 13.1. The Morgan fingerprint density at radius 3 is 1.91 bits per heavy atom. The average Bonchev–Trinajstić information content (AvgIpc) is 2.83. The SMILES string of the molecule is CN1CCC(NC(=O)c2ccccc2)=C(NC(=O)c2ccccc2)C1c1ccc(Cl)cc1. The van der Waals surface area contributed by atoms with Crippen LogP contribution in [0.25, 0.3) is 0 Å². The molecule has 0 spiro atoms. The van der Waals surface area contributed by atoms with Crippen molar-refractivity contribution in [1.82, 2.24) is 15.5 Å². The molecule has 0 radical (unpaired) electrons. The van der Waals surface area contributed by atoms with Crippen molar-refractivity contribution in [2.45, 2.75) is 12.5 Å². The second-order valence-electron chi connectivity index (χ2n) is 7.72. The molecule has 1 atom stereocenters. The molecular weight excluding hydrogens is 422 g/mol. The largest absolute Gasteiger partial charge is 0.324 e. The molecule has 2 N–H and O–H groups in total. The number of nitrogens with one attached hydrogen (secondary N) is 2. The van der Waals surface area contributed by atoms with Crippen LogP contribution in [0.5, 0.6) is 0 Å². The molecule has 0 saturated carbocycles. The van der Waals surface area contributed by atoms with Gasteiger partial charge in [-0.05, 0) is 49.0 Å². The average molecular weight is 446 g/mol. The first kappa shape index (κ1) is 21.8. The first-order valence-electron chi connectivity index (χ1n) is 10.4. The summed E-state index contributed by atoms with van der Waals surface area (Å²) in [5.41, 5.74) is 3.47. The zero-order chi connectivity index (χ0) is 22.5. The van der Waals surface area contributed by atoms with Crippen LogP contribution in [-0.4, -0.2) is 30.3 Å². The molecular formula is C26H24ClN3O2. The van der Waals surface area contributed by atoms with Crippen molar-refractivity contribution in [3.63, 3.8) is 0 Å². The minimum atomic E-state index is -0.236. The molecule has 1 heterocycles. The summed E-state index contributed by atoms with van der Waals surface area (Å²) >= 11 is 6.10. The minimum Gasteiger partial charge on any atom is -0.324 e. The van der Waals surface area contributed by atoms with E-state index in [0.717, 1.165) is 12.1 Å². The van der Waals surface area contributed by atoms with Crippen molar-refractivity contribution >= 4 is 23.4 Å². The molecule has 0 aliphatic carbocycles. The molecule has 3 aromatic carbocycles. The first-order chi connectivity index (χ1) is 15.5. The number of amides is 2. The highest BCUT2D eigenvalue weighted by Gasteiger charge is 2.31. The van der Waals surface area contributed by atoms with E-state index >= 15 is 0 Å². The third-order valence-corrected chi connectivity index (χ3v) is 5.78. The number of likely N-dealkylation sites (N-methyl/N-ethyl adjacent to an activating group) is 1. The fourth-order valence-electron chi connectivity index (χ4n) is 3.86. The van der Waals surface area contributed by atoms with Crippen molar-refractivity contribution in [3.05, 3.63) is 118 Å². The Morgan fingerprint density at radius 2 is 1.34 bits per heavy atom. The lowest BCUT2D eigenvalue weighted by Gasteiger charge is -2.37. The maximum absolute atomic E-state index is 13.1. The van der Waals surface area contributed by atoms with E-state index in [9.17, 15) is 9.59 Å². The normalized spacial score (nSPS) is 16.5. The van der Waals surface area contributed by atoms with E-state index < -0.39 is 0 Å². The fraction of sp³-hybridized carbons (Fsp3) is 0.154. The van der Waals surface area contributed by atoms with Crippen LogP contribution in [0.15, 0.2) is 96.3 Å². The van der Waals surface area contributed by atoms with E-state index in [-0.39, 0.29) is 17.9 Å². The Balaban J connectivity index is 1.73. The van der Waals surface area contributed by atoms with E-state index in [2.05, 4.69) is 15.5 Å². The number of rotatable bonds is 5. The van der Waals surface area contributed by atoms with Gasteiger partial charge in [-0.15, -0.1) is 0 Å². The lowest BCUT2D eigenvalue weighted by Crippen LogP contribution is -2.42. The van der Waals surface area contributed by atoms with Crippen LogP contribution < -0.4 is 10.6 Å². The molecule has 6 heteroatoms. The molecule has 3 aromatic rings. The zero-order valence-corrected chi connectivity index (χ0v) is 18.5. The van der Waals surface area contributed by atoms with Gasteiger partial charge in [0.15, 0.2) is 0 Å². The van der Waals surface area contributed by atoms with Gasteiger partial charge in [0.2, 0.25) is 0 Å². The highest BCUT2D eigenvalue weighted by atomic mass is 35.5. The van der Waals surface area contributed by atoms with Crippen LogP contribution in [0.3, 0.4) is 0 Å². The molecule has 5 nitrogen and oxygen atoms in total. The predicted molar refractivity (Wildman–Crippen MR) is 126 cm³/mol. The highest BCUT2D eigenvalue weighted by molar-refractivity contribution is 6.30. The van der Waals surface area contributed by atoms with Gasteiger partial charge in [-0.25, -0.2) is 0 Å². The lowest BCUT2D eigenvalue weighted by atomic mass is 9.95. The number of benzene rings is 3. The third-order valence-electron chi connectivity index (χ3n) is 5.52. The van der Waals surface area contributed by atoms with E-state index in [1.807, 2.05) is 67.7 Å². The zero-order valence-electron chi connectivity index (χ0n) is 17.7. The van der Waals surface area contributed by atoms with Crippen molar-refractivity contribution in [3.8, 4) is 0 Å². The maximum Gasteiger partial charge on any atom is 0.255 e. The standard InChI is InChI=1S/C26H24ClN3O2/c1-30-17-16-22(28-25(31)19-8-4-2-5-9-19)23(24(30)18-12-14-21(27)15-13-18)29-26(32)20-10-6-3-7-11-20/h2-15,24H,16-17H2,1H3,(H,28,31)(H,29,32). The van der Waals surface area contributed by atoms with Gasteiger partial charge in [0.1, 0.15) is 0 Å². The van der Waals surface area contributed by atoms with Gasteiger partial charge in [0.05, 0.1) is 11.7 Å². The Labute approximate surface area is 192 Å². The summed E-state index contributed by atoms with van der Waals surface area (Å²) in [6.07, 6.45) is 0.601. The Hall–Kier alpha value is -3.41.